The van der Waals surface area contributed by atoms with Crippen LogP contribution in [0.25, 0.3) is 0 Å². The van der Waals surface area contributed by atoms with E-state index < -0.39 is 23.6 Å². The smallest absolute Gasteiger partial charge is 0.418 e. The van der Waals surface area contributed by atoms with Gasteiger partial charge in [0.05, 0.1) is 12.1 Å². The molecule has 1 fully saturated rings. The number of hydrogen-bond donors (Lipinski definition) is 1. The van der Waals surface area contributed by atoms with Crippen molar-refractivity contribution in [3.63, 3.8) is 0 Å². The minimum Gasteiger partial charge on any atom is -0.443 e. The number of imide groups is 1. The summed E-state index contributed by atoms with van der Waals surface area (Å²) in [6.45, 7) is 4.79. The maximum absolute atomic E-state index is 12.4. The third-order valence-corrected chi connectivity index (χ3v) is 3.74. The summed E-state index contributed by atoms with van der Waals surface area (Å²) in [5.74, 6) is -0.100. The van der Waals surface area contributed by atoms with Crippen LogP contribution in [0.3, 0.4) is 0 Å². The Labute approximate surface area is 132 Å². The average Bonchev–Trinajstić information content (AvgIpc) is 2.43. The standard InChI is InChI=1S/C16H27N3O3/c1-16(2,3)22-15(21)19(10-9-17)14(20)13(18)11-12-7-5-4-6-8-12/h12-13H,4-8,10-11,18H2,1-3H3/t13-/m0/s1. The Morgan fingerprint density at radius 3 is 2.41 bits per heavy atom. The lowest BCUT2D eigenvalue weighted by molar-refractivity contribution is -0.131. The van der Waals surface area contributed by atoms with Gasteiger partial charge in [0, 0.05) is 0 Å². The molecule has 1 saturated carbocycles. The molecule has 1 aliphatic carbocycles. The molecule has 1 aliphatic rings. The lowest BCUT2D eigenvalue weighted by Crippen LogP contribution is -2.49. The molecule has 0 spiro atoms. The molecular formula is C16H27N3O3. The Morgan fingerprint density at radius 2 is 1.91 bits per heavy atom. The summed E-state index contributed by atoms with van der Waals surface area (Å²) in [5.41, 5.74) is 5.25. The van der Waals surface area contributed by atoms with Gasteiger partial charge in [0.25, 0.3) is 0 Å². The summed E-state index contributed by atoms with van der Waals surface area (Å²) in [6, 6.07) is 1.06. The summed E-state index contributed by atoms with van der Waals surface area (Å²) in [7, 11) is 0. The quantitative estimate of drug-likeness (QED) is 0.805. The highest BCUT2D eigenvalue weighted by Crippen LogP contribution is 2.27. The van der Waals surface area contributed by atoms with Crippen LogP contribution in [-0.4, -0.2) is 35.1 Å². The number of nitrogens with two attached hydrogens (primary N) is 1. The van der Waals surface area contributed by atoms with Crippen LogP contribution in [0, 0.1) is 17.2 Å². The first-order valence-electron chi connectivity index (χ1n) is 7.91. The molecule has 0 aromatic carbocycles. The van der Waals surface area contributed by atoms with E-state index in [0.717, 1.165) is 17.7 Å². The summed E-state index contributed by atoms with van der Waals surface area (Å²) in [6.07, 6.45) is 5.47. The van der Waals surface area contributed by atoms with Crippen molar-refractivity contribution in [1.29, 1.82) is 5.26 Å². The van der Waals surface area contributed by atoms with E-state index in [4.69, 9.17) is 15.7 Å². The van der Waals surface area contributed by atoms with Gasteiger partial charge in [-0.2, -0.15) is 5.26 Å². The van der Waals surface area contributed by atoms with Crippen LogP contribution in [0.1, 0.15) is 59.3 Å². The van der Waals surface area contributed by atoms with Gasteiger partial charge >= 0.3 is 6.09 Å². The molecule has 0 aromatic rings. The highest BCUT2D eigenvalue weighted by Gasteiger charge is 2.31. The van der Waals surface area contributed by atoms with Crippen LogP contribution in [0.5, 0.6) is 0 Å². The number of amides is 2. The second-order valence-corrected chi connectivity index (χ2v) is 6.91. The molecule has 6 heteroatoms. The third-order valence-electron chi connectivity index (χ3n) is 3.74. The summed E-state index contributed by atoms with van der Waals surface area (Å²) < 4.78 is 5.17. The molecule has 0 bridgehead atoms. The van der Waals surface area contributed by atoms with Gasteiger partial charge < -0.3 is 10.5 Å². The minimum absolute atomic E-state index is 0.341. The molecule has 0 aliphatic heterocycles. The van der Waals surface area contributed by atoms with Crippen molar-refractivity contribution >= 4 is 12.0 Å². The first kappa shape index (κ1) is 18.4. The molecule has 0 unspecified atom stereocenters. The molecule has 0 aromatic heterocycles. The summed E-state index contributed by atoms with van der Waals surface area (Å²) in [5, 5.41) is 8.84. The van der Waals surface area contributed by atoms with E-state index in [1.54, 1.807) is 20.8 Å². The maximum atomic E-state index is 12.4. The van der Waals surface area contributed by atoms with Crippen molar-refractivity contribution in [2.45, 2.75) is 70.9 Å². The van der Waals surface area contributed by atoms with Crippen molar-refractivity contribution in [1.82, 2.24) is 4.90 Å². The number of rotatable bonds is 4. The molecule has 0 heterocycles. The predicted molar refractivity (Wildman–Crippen MR) is 82.7 cm³/mol. The van der Waals surface area contributed by atoms with Gasteiger partial charge in [0.15, 0.2) is 0 Å². The lowest BCUT2D eigenvalue weighted by Gasteiger charge is -2.28. The number of carbonyl (C=O) groups is 2. The molecule has 0 radical (unpaired) electrons. The van der Waals surface area contributed by atoms with Gasteiger partial charge in [-0.1, -0.05) is 32.1 Å². The van der Waals surface area contributed by atoms with Crippen molar-refractivity contribution in [2.24, 2.45) is 11.7 Å². The van der Waals surface area contributed by atoms with Gasteiger partial charge in [-0.15, -0.1) is 0 Å². The van der Waals surface area contributed by atoms with Crippen LogP contribution in [0.15, 0.2) is 0 Å². The van der Waals surface area contributed by atoms with Gasteiger partial charge in [-0.3, -0.25) is 4.79 Å². The van der Waals surface area contributed by atoms with Gasteiger partial charge in [0.2, 0.25) is 5.91 Å². The second kappa shape index (κ2) is 8.14. The monoisotopic (exact) mass is 309 g/mol. The van der Waals surface area contributed by atoms with Crippen LogP contribution < -0.4 is 5.73 Å². The largest absolute Gasteiger partial charge is 0.443 e. The van der Waals surface area contributed by atoms with Gasteiger partial charge in [-0.25, -0.2) is 9.69 Å². The minimum atomic E-state index is -0.807. The van der Waals surface area contributed by atoms with E-state index in [1.807, 2.05) is 6.07 Å². The first-order valence-corrected chi connectivity index (χ1v) is 7.91. The van der Waals surface area contributed by atoms with Crippen LogP contribution in [0.4, 0.5) is 4.79 Å². The molecule has 124 valence electrons. The maximum Gasteiger partial charge on any atom is 0.418 e. The van der Waals surface area contributed by atoms with Crippen LogP contribution in [0.2, 0.25) is 0 Å². The van der Waals surface area contributed by atoms with Crippen LogP contribution >= 0.6 is 0 Å². The normalized spacial score (nSPS) is 17.4. The van der Waals surface area contributed by atoms with E-state index in [1.165, 1.54) is 19.3 Å². The average molecular weight is 309 g/mol. The fraction of sp³-hybridized carbons (Fsp3) is 0.812. The van der Waals surface area contributed by atoms with Crippen molar-refractivity contribution in [2.75, 3.05) is 6.54 Å². The number of nitriles is 1. The van der Waals surface area contributed by atoms with Crippen molar-refractivity contribution < 1.29 is 14.3 Å². The van der Waals surface area contributed by atoms with Crippen molar-refractivity contribution in [3.8, 4) is 6.07 Å². The molecule has 2 amide bonds. The SMILES string of the molecule is CC(C)(C)OC(=O)N(CC#N)C(=O)[C@@H](N)CC1CCCCC1. The van der Waals surface area contributed by atoms with Crippen LogP contribution in [-0.2, 0) is 9.53 Å². The van der Waals surface area contributed by atoms with E-state index >= 15 is 0 Å². The predicted octanol–water partition coefficient (Wildman–Crippen LogP) is 2.57. The van der Waals surface area contributed by atoms with Gasteiger partial charge in [-0.05, 0) is 33.1 Å². The van der Waals surface area contributed by atoms with Gasteiger partial charge in [0.1, 0.15) is 12.1 Å². The summed E-state index contributed by atoms with van der Waals surface area (Å²) >= 11 is 0. The van der Waals surface area contributed by atoms with E-state index in [9.17, 15) is 9.59 Å². The van der Waals surface area contributed by atoms with Crippen molar-refractivity contribution in [3.05, 3.63) is 0 Å². The first-order chi connectivity index (χ1) is 10.2. The molecule has 1 atom stereocenters. The fourth-order valence-corrected chi connectivity index (χ4v) is 2.70. The Hall–Kier alpha value is -1.61. The molecular weight excluding hydrogens is 282 g/mol. The van der Waals surface area contributed by atoms with E-state index in [2.05, 4.69) is 0 Å². The molecule has 0 saturated heterocycles. The fourth-order valence-electron chi connectivity index (χ4n) is 2.70. The molecule has 1 rings (SSSR count). The number of ether oxygens (including phenoxy) is 1. The highest BCUT2D eigenvalue weighted by atomic mass is 16.6. The zero-order valence-electron chi connectivity index (χ0n) is 13.8. The number of carbonyl (C=O) groups excluding carboxylic acids is 2. The highest BCUT2D eigenvalue weighted by molar-refractivity contribution is 5.95. The Balaban J connectivity index is 2.66. The second-order valence-electron chi connectivity index (χ2n) is 6.91. The Morgan fingerprint density at radius 1 is 1.32 bits per heavy atom. The molecule has 22 heavy (non-hydrogen) atoms. The number of nitrogens with zero attached hydrogens (tertiary/aromatic N) is 2. The molecule has 2 N–H and O–H groups in total. The third kappa shape index (κ3) is 6.02. The zero-order valence-corrected chi connectivity index (χ0v) is 13.8. The Kier molecular flexibility index (Phi) is 6.82. The Bertz CT molecular complexity index is 431. The lowest BCUT2D eigenvalue weighted by atomic mass is 9.85. The number of hydrogen-bond acceptors (Lipinski definition) is 5. The summed E-state index contributed by atoms with van der Waals surface area (Å²) in [4.78, 5) is 25.3. The van der Waals surface area contributed by atoms with E-state index in [0.29, 0.717) is 12.3 Å². The topological polar surface area (TPSA) is 96.4 Å². The molecule has 6 nitrogen and oxygen atoms in total. The zero-order chi connectivity index (χ0) is 16.8. The van der Waals surface area contributed by atoms with E-state index in [-0.39, 0.29) is 6.54 Å².